The smallest absolute Gasteiger partial charge is 0.333 e. The fourth-order valence-corrected chi connectivity index (χ4v) is 2.05. The van der Waals surface area contributed by atoms with E-state index in [-0.39, 0.29) is 5.97 Å². The number of nitrogens with one attached hydrogen (secondary N) is 1. The number of rotatable bonds is 6. The molecular formula is C14H18BrNO3. The van der Waals surface area contributed by atoms with Crippen LogP contribution in [0.2, 0.25) is 0 Å². The lowest BCUT2D eigenvalue weighted by Crippen LogP contribution is -2.07. The molecule has 0 radical (unpaired) electrons. The van der Waals surface area contributed by atoms with Gasteiger partial charge in [0.05, 0.1) is 14.2 Å². The van der Waals surface area contributed by atoms with Crippen molar-refractivity contribution < 1.29 is 14.3 Å². The maximum atomic E-state index is 11.4. The summed E-state index contributed by atoms with van der Waals surface area (Å²) in [5.74, 6) is 0.487. The summed E-state index contributed by atoms with van der Waals surface area (Å²) in [6.45, 7) is 2.47. The number of carbonyl (C=O) groups excluding carboxylic acids is 1. The molecule has 0 bridgehead atoms. The van der Waals surface area contributed by atoms with Gasteiger partial charge in [-0.25, -0.2) is 4.79 Å². The van der Waals surface area contributed by atoms with E-state index in [1.165, 1.54) is 7.11 Å². The van der Waals surface area contributed by atoms with Crippen molar-refractivity contribution in [2.45, 2.75) is 13.3 Å². The first-order chi connectivity index (χ1) is 9.10. The fraction of sp³-hybridized carbons (Fsp3) is 0.357. The molecule has 5 heteroatoms. The Morgan fingerprint density at radius 2 is 2.11 bits per heavy atom. The van der Waals surface area contributed by atoms with Crippen LogP contribution in [0.3, 0.4) is 0 Å². The van der Waals surface area contributed by atoms with Gasteiger partial charge in [0.1, 0.15) is 5.75 Å². The van der Waals surface area contributed by atoms with Crippen molar-refractivity contribution in [2.75, 3.05) is 26.1 Å². The third-order valence-electron chi connectivity index (χ3n) is 2.59. The van der Waals surface area contributed by atoms with E-state index in [0.29, 0.717) is 18.5 Å². The van der Waals surface area contributed by atoms with Crippen molar-refractivity contribution in [3.05, 3.63) is 34.3 Å². The number of ether oxygens (including phenoxy) is 2. The lowest BCUT2D eigenvalue weighted by atomic mass is 10.2. The van der Waals surface area contributed by atoms with Gasteiger partial charge in [-0.3, -0.25) is 0 Å². The second-order valence-electron chi connectivity index (χ2n) is 3.84. The Morgan fingerprint density at radius 1 is 1.37 bits per heavy atom. The molecule has 0 aromatic heterocycles. The number of hydrogen-bond acceptors (Lipinski definition) is 4. The molecule has 0 atom stereocenters. The molecule has 0 spiro atoms. The van der Waals surface area contributed by atoms with E-state index >= 15 is 0 Å². The number of esters is 1. The van der Waals surface area contributed by atoms with Crippen molar-refractivity contribution in [2.24, 2.45) is 0 Å². The second-order valence-corrected chi connectivity index (χ2v) is 4.75. The zero-order valence-corrected chi connectivity index (χ0v) is 12.9. The largest absolute Gasteiger partial charge is 0.497 e. The van der Waals surface area contributed by atoms with Crippen LogP contribution in [0.15, 0.2) is 34.3 Å². The van der Waals surface area contributed by atoms with Crippen molar-refractivity contribution in [3.8, 4) is 5.75 Å². The average molecular weight is 328 g/mol. The monoisotopic (exact) mass is 327 g/mol. The number of halogens is 1. The highest BCUT2D eigenvalue weighted by Crippen LogP contribution is 2.24. The molecule has 1 aromatic carbocycles. The Kier molecular flexibility index (Phi) is 6.42. The predicted octanol–water partition coefficient (Wildman–Crippen LogP) is 3.38. The maximum absolute atomic E-state index is 11.4. The molecule has 1 N–H and O–H groups in total. The van der Waals surface area contributed by atoms with Gasteiger partial charge in [-0.05, 0) is 18.6 Å². The highest BCUT2D eigenvalue weighted by molar-refractivity contribution is 9.10. The van der Waals surface area contributed by atoms with Gasteiger partial charge in [0.25, 0.3) is 0 Å². The topological polar surface area (TPSA) is 47.6 Å². The van der Waals surface area contributed by atoms with E-state index in [0.717, 1.165) is 15.9 Å². The number of anilines is 1. The Bertz CT molecular complexity index is 472. The molecule has 0 unspecified atom stereocenters. The molecule has 4 nitrogen and oxygen atoms in total. The van der Waals surface area contributed by atoms with Crippen LogP contribution in [0.25, 0.3) is 0 Å². The minimum Gasteiger partial charge on any atom is -0.497 e. The molecule has 1 aromatic rings. The van der Waals surface area contributed by atoms with Crippen LogP contribution in [0, 0.1) is 0 Å². The van der Waals surface area contributed by atoms with Crippen LogP contribution in [0.5, 0.6) is 5.75 Å². The summed E-state index contributed by atoms with van der Waals surface area (Å²) in [6.07, 6.45) is 2.48. The van der Waals surface area contributed by atoms with Crippen LogP contribution in [-0.4, -0.2) is 26.7 Å². The van der Waals surface area contributed by atoms with Gasteiger partial charge < -0.3 is 14.8 Å². The Labute approximate surface area is 121 Å². The molecular weight excluding hydrogens is 310 g/mol. The molecule has 19 heavy (non-hydrogen) atoms. The minimum atomic E-state index is -0.281. The summed E-state index contributed by atoms with van der Waals surface area (Å²) in [4.78, 5) is 11.4. The highest BCUT2D eigenvalue weighted by Gasteiger charge is 2.06. The first-order valence-electron chi connectivity index (χ1n) is 5.96. The first-order valence-corrected chi connectivity index (χ1v) is 6.75. The number of benzene rings is 1. The summed E-state index contributed by atoms with van der Waals surface area (Å²) in [6, 6.07) is 5.72. The van der Waals surface area contributed by atoms with Gasteiger partial charge in [0.2, 0.25) is 0 Å². The molecule has 0 saturated carbocycles. The molecule has 0 aliphatic carbocycles. The quantitative estimate of drug-likeness (QED) is 0.642. The van der Waals surface area contributed by atoms with Gasteiger partial charge in [-0.2, -0.15) is 0 Å². The predicted molar refractivity (Wildman–Crippen MR) is 79.6 cm³/mol. The molecule has 1 rings (SSSR count). The second kappa shape index (κ2) is 7.84. The number of hydrogen-bond donors (Lipinski definition) is 1. The highest BCUT2D eigenvalue weighted by atomic mass is 79.9. The van der Waals surface area contributed by atoms with Crippen molar-refractivity contribution >= 4 is 27.6 Å². The molecule has 0 aliphatic rings. The summed E-state index contributed by atoms with van der Waals surface area (Å²) in [5.41, 5.74) is 1.58. The van der Waals surface area contributed by atoms with Crippen LogP contribution in [0.4, 0.5) is 5.69 Å². The molecule has 0 saturated heterocycles. The lowest BCUT2D eigenvalue weighted by molar-refractivity contribution is -0.136. The third-order valence-corrected chi connectivity index (χ3v) is 3.05. The van der Waals surface area contributed by atoms with Crippen LogP contribution < -0.4 is 10.1 Å². The average Bonchev–Trinajstić information content (AvgIpc) is 2.42. The molecule has 104 valence electrons. The molecule has 0 aliphatic heterocycles. The van der Waals surface area contributed by atoms with Crippen LogP contribution in [-0.2, 0) is 9.53 Å². The lowest BCUT2D eigenvalue weighted by Gasteiger charge is -2.08. The fourth-order valence-electron chi connectivity index (χ4n) is 1.58. The summed E-state index contributed by atoms with van der Waals surface area (Å²) in [5, 5.41) is 3.21. The van der Waals surface area contributed by atoms with Gasteiger partial charge in [-0.15, -0.1) is 0 Å². The third kappa shape index (κ3) is 4.95. The summed E-state index contributed by atoms with van der Waals surface area (Å²) in [7, 11) is 3.01. The minimum absolute atomic E-state index is 0.281. The van der Waals surface area contributed by atoms with Crippen molar-refractivity contribution in [1.29, 1.82) is 0 Å². The molecule has 0 fully saturated rings. The Morgan fingerprint density at radius 3 is 2.68 bits per heavy atom. The van der Waals surface area contributed by atoms with E-state index in [1.54, 1.807) is 7.11 Å². The first kappa shape index (κ1) is 15.6. The van der Waals surface area contributed by atoms with Gasteiger partial charge in [0.15, 0.2) is 0 Å². The number of methoxy groups -OCH3 is 2. The summed E-state index contributed by atoms with van der Waals surface area (Å²) >= 11 is 3.41. The zero-order valence-electron chi connectivity index (χ0n) is 11.3. The van der Waals surface area contributed by atoms with E-state index in [4.69, 9.17) is 9.47 Å². The van der Waals surface area contributed by atoms with Crippen molar-refractivity contribution in [3.63, 3.8) is 0 Å². The summed E-state index contributed by atoms with van der Waals surface area (Å²) < 4.78 is 10.8. The van der Waals surface area contributed by atoms with E-state index in [2.05, 4.69) is 21.2 Å². The van der Waals surface area contributed by atoms with Gasteiger partial charge >= 0.3 is 5.97 Å². The molecule has 0 heterocycles. The standard InChI is InChI=1S/C14H18BrNO3/c1-4-10(14(17)19-3)5-6-16-12-7-11(15)8-13(9-12)18-2/h5,7-9,16H,4,6H2,1-3H3/b10-5-. The SMILES string of the molecule is CC/C(=C/CNc1cc(Br)cc(OC)c1)C(=O)OC. The van der Waals surface area contributed by atoms with Crippen molar-refractivity contribution in [1.82, 2.24) is 0 Å². The van der Waals surface area contributed by atoms with E-state index < -0.39 is 0 Å². The number of carbonyl (C=O) groups is 1. The Balaban J connectivity index is 2.68. The molecule has 0 amide bonds. The Hall–Kier alpha value is -1.49. The maximum Gasteiger partial charge on any atom is 0.333 e. The van der Waals surface area contributed by atoms with Gasteiger partial charge in [-0.1, -0.05) is 28.9 Å². The van der Waals surface area contributed by atoms with Crippen LogP contribution in [0.1, 0.15) is 13.3 Å². The van der Waals surface area contributed by atoms with Crippen LogP contribution >= 0.6 is 15.9 Å². The normalized spacial score (nSPS) is 11.1. The van der Waals surface area contributed by atoms with Gasteiger partial charge in [0, 0.05) is 28.3 Å². The van der Waals surface area contributed by atoms with E-state index in [9.17, 15) is 4.79 Å². The van der Waals surface area contributed by atoms with E-state index in [1.807, 2.05) is 31.2 Å². The zero-order chi connectivity index (χ0) is 14.3.